The van der Waals surface area contributed by atoms with Gasteiger partial charge in [-0.3, -0.25) is 0 Å². The number of rotatable bonds is 2. The fourth-order valence-corrected chi connectivity index (χ4v) is 1.17. The van der Waals surface area contributed by atoms with Crippen molar-refractivity contribution in [2.75, 3.05) is 0 Å². The first-order chi connectivity index (χ1) is 7.34. The van der Waals surface area contributed by atoms with E-state index in [1.807, 2.05) is 55.5 Å². The Balaban J connectivity index is 0.00000128. The van der Waals surface area contributed by atoms with Gasteiger partial charge in [-0.1, -0.05) is 17.7 Å². The summed E-state index contributed by atoms with van der Waals surface area (Å²) in [5.41, 5.74) is 2.94. The second-order valence-electron chi connectivity index (χ2n) is 3.29. The third-order valence-corrected chi connectivity index (χ3v) is 2.02. The van der Waals surface area contributed by atoms with E-state index in [1.54, 1.807) is 0 Å². The zero-order valence-electron chi connectivity index (χ0n) is 9.09. The minimum Gasteiger partial charge on any atom is -0.184 e. The van der Waals surface area contributed by atoms with Crippen LogP contribution in [-0.4, -0.2) is 0 Å². The zero-order valence-corrected chi connectivity index (χ0v) is 11.9. The van der Waals surface area contributed by atoms with E-state index < -0.39 is 0 Å². The van der Waals surface area contributed by atoms with Gasteiger partial charge < -0.3 is 0 Å². The molecule has 0 saturated carbocycles. The van der Waals surface area contributed by atoms with E-state index in [1.165, 1.54) is 5.56 Å². The number of nitrogens with zero attached hydrogens (tertiary/aromatic N) is 2. The molecule has 0 unspecified atom stereocenters. The monoisotopic (exact) mass is 284 g/mol. The van der Waals surface area contributed by atoms with Gasteiger partial charge in [0.25, 0.3) is 0 Å². The normalized spacial score (nSPS) is 10.1. The number of hydrogen-bond acceptors (Lipinski definition) is 2. The summed E-state index contributed by atoms with van der Waals surface area (Å²) in [6.45, 7) is 2.05. The summed E-state index contributed by atoms with van der Waals surface area (Å²) >= 11 is 0. The van der Waals surface area contributed by atoms with Gasteiger partial charge in [-0.25, -0.2) is 0 Å². The smallest absolute Gasteiger partial charge is 0.0856 e. The van der Waals surface area contributed by atoms with Crippen LogP contribution in [0.15, 0.2) is 58.8 Å². The molecular weight excluding hydrogens is 273 g/mol. The quantitative estimate of drug-likeness (QED) is 0.583. The average molecular weight is 284 g/mol. The second kappa shape index (κ2) is 6.67. The maximum Gasteiger partial charge on any atom is 0.0856 e. The molecule has 3 heteroatoms. The predicted octanol–water partition coefficient (Wildman–Crippen LogP) is 4.21. The van der Waals surface area contributed by atoms with Gasteiger partial charge in [0.1, 0.15) is 0 Å². The molecule has 2 nitrogen and oxygen atoms in total. The molecular formula is C13H11N2Y-. The molecule has 0 bridgehead atoms. The fraction of sp³-hybridized carbons (Fsp3) is 0.0769. The van der Waals surface area contributed by atoms with Gasteiger partial charge in [-0.2, -0.15) is 28.4 Å². The van der Waals surface area contributed by atoms with Crippen molar-refractivity contribution in [3.63, 3.8) is 0 Å². The van der Waals surface area contributed by atoms with Crippen LogP contribution in [0.25, 0.3) is 0 Å². The van der Waals surface area contributed by atoms with Crippen LogP contribution in [0.2, 0.25) is 0 Å². The molecule has 1 radical (unpaired) electrons. The minimum absolute atomic E-state index is 0. The Labute approximate surface area is 121 Å². The van der Waals surface area contributed by atoms with Crippen molar-refractivity contribution in [3.8, 4) is 0 Å². The van der Waals surface area contributed by atoms with Crippen molar-refractivity contribution in [2.45, 2.75) is 6.92 Å². The van der Waals surface area contributed by atoms with Crippen LogP contribution in [0.4, 0.5) is 11.4 Å². The van der Waals surface area contributed by atoms with Crippen molar-refractivity contribution < 1.29 is 32.7 Å². The van der Waals surface area contributed by atoms with Crippen molar-refractivity contribution >= 4 is 11.4 Å². The summed E-state index contributed by atoms with van der Waals surface area (Å²) in [6, 6.07) is 18.3. The van der Waals surface area contributed by atoms with Crippen molar-refractivity contribution in [1.82, 2.24) is 0 Å². The van der Waals surface area contributed by atoms with E-state index in [2.05, 4.69) is 16.3 Å². The van der Waals surface area contributed by atoms with E-state index in [4.69, 9.17) is 0 Å². The van der Waals surface area contributed by atoms with Crippen LogP contribution >= 0.6 is 0 Å². The first kappa shape index (κ1) is 13.2. The van der Waals surface area contributed by atoms with E-state index in [0.29, 0.717) is 0 Å². The molecule has 2 aromatic carbocycles. The number of benzene rings is 2. The molecule has 2 aromatic rings. The molecule has 2 rings (SSSR count). The average Bonchev–Trinajstić information content (AvgIpc) is 2.30. The van der Waals surface area contributed by atoms with Crippen LogP contribution < -0.4 is 0 Å². The third kappa shape index (κ3) is 3.95. The molecule has 0 aliphatic carbocycles. The van der Waals surface area contributed by atoms with Gasteiger partial charge in [0, 0.05) is 32.7 Å². The Kier molecular flexibility index (Phi) is 5.50. The molecule has 0 heterocycles. The molecule has 0 fully saturated rings. The van der Waals surface area contributed by atoms with E-state index >= 15 is 0 Å². The van der Waals surface area contributed by atoms with Gasteiger partial charge in [-0.15, -0.1) is 12.1 Å². The third-order valence-electron chi connectivity index (χ3n) is 2.02. The largest absolute Gasteiger partial charge is 0.184 e. The fourth-order valence-electron chi connectivity index (χ4n) is 1.17. The number of azo groups is 1. The molecule has 0 saturated heterocycles. The standard InChI is InChI=1S/C13H11N2.Y/c1-11-7-9-13(10-8-11)15-14-12-5-3-2-4-6-12;/h3-10H,1H3;/q-1;. The van der Waals surface area contributed by atoms with Crippen LogP contribution in [0, 0.1) is 13.0 Å². The van der Waals surface area contributed by atoms with Crippen LogP contribution in [0.5, 0.6) is 0 Å². The summed E-state index contributed by atoms with van der Waals surface area (Å²) in [7, 11) is 0. The number of hydrogen-bond donors (Lipinski definition) is 0. The van der Waals surface area contributed by atoms with E-state index in [0.717, 1.165) is 11.4 Å². The van der Waals surface area contributed by atoms with Crippen LogP contribution in [-0.2, 0) is 32.7 Å². The van der Waals surface area contributed by atoms with Crippen LogP contribution in [0.3, 0.4) is 0 Å². The maximum atomic E-state index is 4.13. The van der Waals surface area contributed by atoms with E-state index in [9.17, 15) is 0 Å². The summed E-state index contributed by atoms with van der Waals surface area (Å²) in [5.74, 6) is 0. The molecule has 0 N–H and O–H groups in total. The summed E-state index contributed by atoms with van der Waals surface area (Å²) in [4.78, 5) is 0. The molecule has 0 spiro atoms. The van der Waals surface area contributed by atoms with Crippen molar-refractivity contribution in [3.05, 3.63) is 60.2 Å². The molecule has 0 aliphatic rings. The molecule has 0 aliphatic heterocycles. The zero-order chi connectivity index (χ0) is 10.5. The minimum atomic E-state index is 0. The van der Waals surface area contributed by atoms with Gasteiger partial charge >= 0.3 is 0 Å². The van der Waals surface area contributed by atoms with Gasteiger partial charge in [0.05, 0.1) is 5.69 Å². The predicted molar refractivity (Wildman–Crippen MR) is 60.6 cm³/mol. The van der Waals surface area contributed by atoms with Crippen molar-refractivity contribution in [2.24, 2.45) is 10.2 Å². The Hall–Kier alpha value is -0.856. The maximum absolute atomic E-state index is 4.13. The molecule has 16 heavy (non-hydrogen) atoms. The first-order valence-corrected chi connectivity index (χ1v) is 4.79. The van der Waals surface area contributed by atoms with E-state index in [-0.39, 0.29) is 32.7 Å². The first-order valence-electron chi connectivity index (χ1n) is 4.79. The summed E-state index contributed by atoms with van der Waals surface area (Å²) < 4.78 is 0. The summed E-state index contributed by atoms with van der Waals surface area (Å²) in [5, 5.41) is 8.24. The summed E-state index contributed by atoms with van der Waals surface area (Å²) in [6.07, 6.45) is 0. The Morgan fingerprint density at radius 2 is 1.31 bits per heavy atom. The number of aryl methyl sites for hydroxylation is 1. The molecule has 0 atom stereocenters. The van der Waals surface area contributed by atoms with Crippen molar-refractivity contribution in [1.29, 1.82) is 0 Å². The Morgan fingerprint density at radius 1 is 0.812 bits per heavy atom. The van der Waals surface area contributed by atoms with Gasteiger partial charge in [-0.05, 0) is 24.7 Å². The van der Waals surface area contributed by atoms with Gasteiger partial charge in [0.2, 0.25) is 0 Å². The molecule has 0 amide bonds. The Morgan fingerprint density at radius 3 is 1.88 bits per heavy atom. The Bertz CT molecular complexity index is 449. The molecule has 0 aromatic heterocycles. The SMILES string of the molecule is Cc1ccc(N=Nc2cc[c-]cc2)cc1.[Y]. The second-order valence-corrected chi connectivity index (χ2v) is 3.29. The van der Waals surface area contributed by atoms with Crippen LogP contribution in [0.1, 0.15) is 5.56 Å². The van der Waals surface area contributed by atoms with Gasteiger partial charge in [0.15, 0.2) is 0 Å². The topological polar surface area (TPSA) is 24.7 Å². The molecule has 77 valence electrons.